The number of hydrogen-bond donors (Lipinski definition) is 2. The van der Waals surface area contributed by atoms with Gasteiger partial charge in [0.1, 0.15) is 5.76 Å². The fraction of sp³-hybridized carbons (Fsp3) is 0.235. The number of rotatable bonds is 3. The molecule has 0 aliphatic heterocycles. The third kappa shape index (κ3) is 2.14. The zero-order chi connectivity index (χ0) is 16.9. The summed E-state index contributed by atoms with van der Waals surface area (Å²) in [6.07, 6.45) is 0. The highest BCUT2D eigenvalue weighted by Gasteiger charge is 2.22. The summed E-state index contributed by atoms with van der Waals surface area (Å²) in [7, 11) is 0. The van der Waals surface area contributed by atoms with E-state index in [2.05, 4.69) is 10.1 Å². The largest absolute Gasteiger partial charge is 0.363 e. The van der Waals surface area contributed by atoms with Crippen LogP contribution in [0.4, 0.5) is 0 Å². The molecular weight excluding hydrogens is 294 g/mol. The second-order valence-corrected chi connectivity index (χ2v) is 5.68. The van der Waals surface area contributed by atoms with Gasteiger partial charge in [0.05, 0.1) is 11.4 Å². The van der Waals surface area contributed by atoms with Crippen LogP contribution in [-0.2, 0) is 4.79 Å². The Kier molecular flexibility index (Phi) is 3.32. The Balaban J connectivity index is 2.30. The molecule has 0 bridgehead atoms. The maximum absolute atomic E-state index is 11.9. The molecule has 3 N–H and O–H groups in total. The summed E-state index contributed by atoms with van der Waals surface area (Å²) in [6, 6.07) is 3.84. The fourth-order valence-corrected chi connectivity index (χ4v) is 3.14. The molecule has 2 aromatic heterocycles. The number of aromatic amines is 1. The first kappa shape index (κ1) is 15.0. The average molecular weight is 311 g/mol. The molecule has 0 fully saturated rings. The summed E-state index contributed by atoms with van der Waals surface area (Å²) >= 11 is 0. The molecule has 3 aromatic rings. The number of hydrogen-bond acceptors (Lipinski definition) is 4. The lowest BCUT2D eigenvalue weighted by Crippen LogP contribution is -2.23. The number of nitrogens with zero attached hydrogens (tertiary/aromatic N) is 1. The van der Waals surface area contributed by atoms with Crippen LogP contribution in [0.3, 0.4) is 0 Å². The van der Waals surface area contributed by atoms with Crippen molar-refractivity contribution in [2.24, 2.45) is 5.73 Å². The Morgan fingerprint density at radius 1 is 1.13 bits per heavy atom. The number of ketones is 1. The zero-order valence-corrected chi connectivity index (χ0v) is 13.4. The van der Waals surface area contributed by atoms with Gasteiger partial charge in [-0.25, -0.2) is 0 Å². The Morgan fingerprint density at radius 2 is 1.83 bits per heavy atom. The van der Waals surface area contributed by atoms with Crippen molar-refractivity contribution in [1.82, 2.24) is 10.1 Å². The van der Waals surface area contributed by atoms with Crippen LogP contribution in [-0.4, -0.2) is 21.8 Å². The van der Waals surface area contributed by atoms with Crippen LogP contribution in [0.25, 0.3) is 22.0 Å². The molecule has 0 unspecified atom stereocenters. The molecule has 2 heterocycles. The number of Topliss-reactive ketones (excluding diaryl/α,β-unsaturated/α-hetero) is 1. The first-order chi connectivity index (χ1) is 10.8. The smallest absolute Gasteiger partial charge is 0.291 e. The van der Waals surface area contributed by atoms with E-state index < -0.39 is 11.7 Å². The number of H-pyrrole nitrogens is 1. The molecule has 3 rings (SSSR count). The summed E-state index contributed by atoms with van der Waals surface area (Å²) in [6.45, 7) is 7.54. The van der Waals surface area contributed by atoms with Gasteiger partial charge < -0.3 is 15.2 Å². The molecule has 0 aliphatic rings. The van der Waals surface area contributed by atoms with Gasteiger partial charge in [0, 0.05) is 16.5 Å². The normalized spacial score (nSPS) is 11.1. The maximum atomic E-state index is 11.9. The van der Waals surface area contributed by atoms with Gasteiger partial charge in [-0.3, -0.25) is 9.59 Å². The predicted octanol–water partition coefficient (Wildman–Crippen LogP) is 2.72. The standard InChI is InChI=1S/C17H17N3O3/c1-7-11(14-9(3)20-23-10(14)4)5-6-12-13(7)8(2)15(19-12)16(21)17(18)22/h5-6,19H,1-4H3,(H2,18,22). The molecule has 0 aliphatic carbocycles. The number of nitrogens with two attached hydrogens (primary N) is 1. The lowest BCUT2D eigenvalue weighted by atomic mass is 9.95. The van der Waals surface area contributed by atoms with Crippen molar-refractivity contribution in [2.75, 3.05) is 0 Å². The molecule has 0 radical (unpaired) electrons. The number of amides is 1. The van der Waals surface area contributed by atoms with Crippen molar-refractivity contribution in [1.29, 1.82) is 0 Å². The van der Waals surface area contributed by atoms with E-state index in [4.69, 9.17) is 10.3 Å². The lowest BCUT2D eigenvalue weighted by Gasteiger charge is -2.07. The SMILES string of the molecule is Cc1noc(C)c1-c1ccc2[nH]c(C(=O)C(N)=O)c(C)c2c1C. The van der Waals surface area contributed by atoms with Crippen LogP contribution in [0.15, 0.2) is 16.7 Å². The van der Waals surface area contributed by atoms with Gasteiger partial charge >= 0.3 is 0 Å². The minimum absolute atomic E-state index is 0.242. The lowest BCUT2D eigenvalue weighted by molar-refractivity contribution is -0.114. The molecule has 0 atom stereocenters. The maximum Gasteiger partial charge on any atom is 0.291 e. The van der Waals surface area contributed by atoms with Crippen molar-refractivity contribution in [3.8, 4) is 11.1 Å². The fourth-order valence-electron chi connectivity index (χ4n) is 3.14. The summed E-state index contributed by atoms with van der Waals surface area (Å²) in [5, 5.41) is 4.90. The second kappa shape index (κ2) is 5.08. The van der Waals surface area contributed by atoms with Gasteiger partial charge in [0.25, 0.3) is 11.7 Å². The van der Waals surface area contributed by atoms with Crippen LogP contribution in [0.1, 0.15) is 33.1 Å². The molecule has 0 saturated heterocycles. The van der Waals surface area contributed by atoms with Crippen molar-refractivity contribution < 1.29 is 14.1 Å². The Bertz CT molecular complexity index is 944. The van der Waals surface area contributed by atoms with Gasteiger partial charge in [-0.2, -0.15) is 0 Å². The highest BCUT2D eigenvalue weighted by molar-refractivity contribution is 6.42. The average Bonchev–Trinajstić information content (AvgIpc) is 3.00. The number of carbonyl (C=O) groups is 2. The molecule has 6 nitrogen and oxygen atoms in total. The topological polar surface area (TPSA) is 102 Å². The summed E-state index contributed by atoms with van der Waals surface area (Å²) in [5.74, 6) is -0.938. The summed E-state index contributed by atoms with van der Waals surface area (Å²) < 4.78 is 5.25. The van der Waals surface area contributed by atoms with E-state index in [1.54, 1.807) is 6.92 Å². The van der Waals surface area contributed by atoms with E-state index >= 15 is 0 Å². The Hall–Kier alpha value is -2.89. The monoisotopic (exact) mass is 311 g/mol. The van der Waals surface area contributed by atoms with Crippen molar-refractivity contribution in [2.45, 2.75) is 27.7 Å². The summed E-state index contributed by atoms with van der Waals surface area (Å²) in [5.41, 5.74) is 10.6. The van der Waals surface area contributed by atoms with E-state index in [-0.39, 0.29) is 5.69 Å². The summed E-state index contributed by atoms with van der Waals surface area (Å²) in [4.78, 5) is 26.1. The van der Waals surface area contributed by atoms with Gasteiger partial charge in [0.2, 0.25) is 0 Å². The van der Waals surface area contributed by atoms with Crippen LogP contribution >= 0.6 is 0 Å². The first-order valence-electron chi connectivity index (χ1n) is 7.22. The first-order valence-corrected chi connectivity index (χ1v) is 7.22. The van der Waals surface area contributed by atoms with E-state index in [1.165, 1.54) is 0 Å². The molecular formula is C17H17N3O3. The minimum atomic E-state index is -0.969. The van der Waals surface area contributed by atoms with Gasteiger partial charge in [-0.1, -0.05) is 11.2 Å². The third-order valence-electron chi connectivity index (χ3n) is 4.23. The number of aryl methyl sites for hydroxylation is 4. The highest BCUT2D eigenvalue weighted by Crippen LogP contribution is 2.35. The molecule has 118 valence electrons. The van der Waals surface area contributed by atoms with Crippen LogP contribution in [0.2, 0.25) is 0 Å². The number of nitrogens with one attached hydrogen (secondary N) is 1. The van der Waals surface area contributed by atoms with E-state index in [0.29, 0.717) is 0 Å². The number of primary amides is 1. The van der Waals surface area contributed by atoms with Gasteiger partial charge in [-0.15, -0.1) is 0 Å². The van der Waals surface area contributed by atoms with Gasteiger partial charge in [-0.05, 0) is 50.5 Å². The molecule has 0 saturated carbocycles. The van der Waals surface area contributed by atoms with Gasteiger partial charge in [0.15, 0.2) is 0 Å². The van der Waals surface area contributed by atoms with Crippen LogP contribution < -0.4 is 5.73 Å². The van der Waals surface area contributed by atoms with E-state index in [1.807, 2.05) is 32.9 Å². The molecule has 23 heavy (non-hydrogen) atoms. The van der Waals surface area contributed by atoms with Crippen LogP contribution in [0.5, 0.6) is 0 Å². The molecule has 6 heteroatoms. The predicted molar refractivity (Wildman–Crippen MR) is 86.3 cm³/mol. The Morgan fingerprint density at radius 3 is 2.39 bits per heavy atom. The number of aromatic nitrogens is 2. The second-order valence-electron chi connectivity index (χ2n) is 5.68. The quantitative estimate of drug-likeness (QED) is 0.573. The van der Waals surface area contributed by atoms with E-state index in [9.17, 15) is 9.59 Å². The van der Waals surface area contributed by atoms with Crippen LogP contribution in [0, 0.1) is 27.7 Å². The molecule has 1 aromatic carbocycles. The molecule has 0 spiro atoms. The van der Waals surface area contributed by atoms with Crippen molar-refractivity contribution >= 4 is 22.6 Å². The third-order valence-corrected chi connectivity index (χ3v) is 4.23. The highest BCUT2D eigenvalue weighted by atomic mass is 16.5. The minimum Gasteiger partial charge on any atom is -0.363 e. The van der Waals surface area contributed by atoms with Crippen molar-refractivity contribution in [3.63, 3.8) is 0 Å². The zero-order valence-electron chi connectivity index (χ0n) is 13.4. The van der Waals surface area contributed by atoms with Crippen molar-refractivity contribution in [3.05, 3.63) is 40.4 Å². The number of benzene rings is 1. The van der Waals surface area contributed by atoms with E-state index in [0.717, 1.165) is 44.6 Å². The number of fused-ring (bicyclic) bond motifs is 1. The Labute approximate surface area is 132 Å². The molecule has 1 amide bonds. The number of carbonyl (C=O) groups excluding carboxylic acids is 2.